The van der Waals surface area contributed by atoms with Crippen LogP contribution in [-0.2, 0) is 15.1 Å². The summed E-state index contributed by atoms with van der Waals surface area (Å²) < 4.78 is 17.7. The van der Waals surface area contributed by atoms with Crippen molar-refractivity contribution in [2.45, 2.75) is 26.3 Å². The van der Waals surface area contributed by atoms with E-state index in [2.05, 4.69) is 30.9 Å². The van der Waals surface area contributed by atoms with Gasteiger partial charge < -0.3 is 14.2 Å². The zero-order valence-corrected chi connectivity index (χ0v) is 14.1. The Balaban J connectivity index is 1.63. The molecule has 2 aromatic rings. The van der Waals surface area contributed by atoms with Crippen LogP contribution in [-0.4, -0.2) is 28.4 Å². The first kappa shape index (κ1) is 15.4. The van der Waals surface area contributed by atoms with Crippen molar-refractivity contribution in [1.82, 2.24) is 9.78 Å². The van der Waals surface area contributed by atoms with Gasteiger partial charge in [0.25, 0.3) is 0 Å². The maximum atomic E-state index is 12.1. The number of hydrogen-bond acceptors (Lipinski definition) is 6. The van der Waals surface area contributed by atoms with Gasteiger partial charge in [-0.05, 0) is 45.0 Å². The fourth-order valence-electron chi connectivity index (χ4n) is 2.50. The molecule has 2 aliphatic heterocycles. The van der Waals surface area contributed by atoms with Crippen molar-refractivity contribution in [3.63, 3.8) is 0 Å². The third-order valence-corrected chi connectivity index (χ3v) is 3.83. The van der Waals surface area contributed by atoms with E-state index < -0.39 is 5.97 Å². The first-order valence-corrected chi connectivity index (χ1v) is 7.88. The first-order valence-electron chi connectivity index (χ1n) is 7.88. The summed E-state index contributed by atoms with van der Waals surface area (Å²) in [7, 11) is 0. The van der Waals surface area contributed by atoms with Gasteiger partial charge in [-0.2, -0.15) is 5.10 Å². The number of cyclic esters (lactones) is 1. The Kier molecular flexibility index (Phi) is 3.38. The second kappa shape index (κ2) is 5.47. The number of nitrogens with zero attached hydrogens (tertiary/aromatic N) is 3. The molecule has 0 spiro atoms. The van der Waals surface area contributed by atoms with E-state index in [0.29, 0.717) is 17.1 Å². The highest BCUT2D eigenvalue weighted by atomic mass is 16.7. The van der Waals surface area contributed by atoms with E-state index in [0.717, 1.165) is 5.56 Å². The summed E-state index contributed by atoms with van der Waals surface area (Å²) in [4.78, 5) is 16.4. The molecule has 0 aliphatic carbocycles. The highest BCUT2D eigenvalue weighted by Gasteiger charge is 2.26. The van der Waals surface area contributed by atoms with Gasteiger partial charge in [-0.1, -0.05) is 0 Å². The van der Waals surface area contributed by atoms with Gasteiger partial charge in [-0.25, -0.2) is 9.79 Å². The Labute approximate surface area is 144 Å². The minimum Gasteiger partial charge on any atom is -0.454 e. The topological polar surface area (TPSA) is 74.9 Å². The summed E-state index contributed by atoms with van der Waals surface area (Å²) in [6, 6.07) is 5.29. The van der Waals surface area contributed by atoms with Crippen LogP contribution < -0.4 is 9.47 Å². The number of esters is 1. The smallest absolute Gasteiger partial charge is 0.363 e. The summed E-state index contributed by atoms with van der Waals surface area (Å²) in [5.74, 6) is 1.04. The Morgan fingerprint density at radius 3 is 2.76 bits per heavy atom. The van der Waals surface area contributed by atoms with Crippen molar-refractivity contribution >= 4 is 17.9 Å². The van der Waals surface area contributed by atoms with Gasteiger partial charge >= 0.3 is 5.97 Å². The molecule has 25 heavy (non-hydrogen) atoms. The van der Waals surface area contributed by atoms with Crippen molar-refractivity contribution in [1.29, 1.82) is 0 Å². The van der Waals surface area contributed by atoms with Gasteiger partial charge in [-0.15, -0.1) is 0 Å². The summed E-state index contributed by atoms with van der Waals surface area (Å²) in [5, 5.41) is 4.31. The number of carbonyl (C=O) groups is 1. The number of carbonyl (C=O) groups excluding carboxylic acids is 1. The van der Waals surface area contributed by atoms with Crippen molar-refractivity contribution in [3.8, 4) is 11.5 Å². The van der Waals surface area contributed by atoms with E-state index in [4.69, 9.17) is 14.2 Å². The SMILES string of the molecule is CC(C)(C)n1cc(/C=C2/N=C(c3ccc4c(c3)OCO4)OC2=O)cn1. The van der Waals surface area contributed by atoms with Crippen LogP contribution in [0.4, 0.5) is 0 Å². The summed E-state index contributed by atoms with van der Waals surface area (Å²) in [6.07, 6.45) is 5.23. The molecule has 4 rings (SSSR count). The lowest BCUT2D eigenvalue weighted by atomic mass is 10.1. The number of aromatic nitrogens is 2. The van der Waals surface area contributed by atoms with Gasteiger partial charge in [0.15, 0.2) is 17.2 Å². The molecule has 1 aromatic heterocycles. The highest BCUT2D eigenvalue weighted by Crippen LogP contribution is 2.33. The zero-order valence-electron chi connectivity index (χ0n) is 14.1. The van der Waals surface area contributed by atoms with Gasteiger partial charge in [0, 0.05) is 17.3 Å². The number of benzene rings is 1. The van der Waals surface area contributed by atoms with E-state index in [-0.39, 0.29) is 23.9 Å². The molecule has 0 bridgehead atoms. The minimum absolute atomic E-state index is 0.131. The number of ether oxygens (including phenoxy) is 3. The molecule has 0 atom stereocenters. The van der Waals surface area contributed by atoms with Crippen LogP contribution in [0.3, 0.4) is 0 Å². The third-order valence-electron chi connectivity index (χ3n) is 3.83. The van der Waals surface area contributed by atoms with Gasteiger partial charge in [0.1, 0.15) is 0 Å². The molecule has 0 N–H and O–H groups in total. The number of hydrogen-bond donors (Lipinski definition) is 0. The second-order valence-electron chi connectivity index (χ2n) is 6.79. The van der Waals surface area contributed by atoms with Crippen molar-refractivity contribution in [2.75, 3.05) is 6.79 Å². The minimum atomic E-state index is -0.490. The number of fused-ring (bicyclic) bond motifs is 1. The van der Waals surface area contributed by atoms with E-state index in [1.165, 1.54) is 0 Å². The van der Waals surface area contributed by atoms with Gasteiger partial charge in [-0.3, -0.25) is 4.68 Å². The van der Waals surface area contributed by atoms with E-state index in [9.17, 15) is 4.79 Å². The molecular formula is C18H17N3O4. The molecule has 0 unspecified atom stereocenters. The van der Waals surface area contributed by atoms with Crippen molar-refractivity contribution in [2.24, 2.45) is 4.99 Å². The van der Waals surface area contributed by atoms with E-state index in [1.807, 2.05) is 10.9 Å². The van der Waals surface area contributed by atoms with Crippen molar-refractivity contribution < 1.29 is 19.0 Å². The molecule has 0 saturated carbocycles. The maximum Gasteiger partial charge on any atom is 0.363 e. The molecule has 0 fully saturated rings. The zero-order chi connectivity index (χ0) is 17.6. The van der Waals surface area contributed by atoms with Crippen molar-refractivity contribution in [3.05, 3.63) is 47.4 Å². The first-order chi connectivity index (χ1) is 11.9. The Hall–Kier alpha value is -3.09. The summed E-state index contributed by atoms with van der Waals surface area (Å²) >= 11 is 0. The fourth-order valence-corrected chi connectivity index (χ4v) is 2.50. The van der Waals surface area contributed by atoms with Crippen LogP contribution in [0.2, 0.25) is 0 Å². The number of rotatable bonds is 2. The Bertz CT molecular complexity index is 919. The second-order valence-corrected chi connectivity index (χ2v) is 6.79. The van der Waals surface area contributed by atoms with Crippen LogP contribution in [0.5, 0.6) is 11.5 Å². The predicted octanol–water partition coefficient (Wildman–Crippen LogP) is 2.71. The largest absolute Gasteiger partial charge is 0.454 e. The molecule has 0 amide bonds. The monoisotopic (exact) mass is 339 g/mol. The Morgan fingerprint density at radius 2 is 2.00 bits per heavy atom. The Morgan fingerprint density at radius 1 is 1.20 bits per heavy atom. The molecule has 3 heterocycles. The van der Waals surface area contributed by atoms with Crippen LogP contribution in [0, 0.1) is 0 Å². The average molecular weight is 339 g/mol. The molecule has 0 saturated heterocycles. The molecule has 7 nitrogen and oxygen atoms in total. The van der Waals surface area contributed by atoms with Crippen LogP contribution in [0.25, 0.3) is 6.08 Å². The fraction of sp³-hybridized carbons (Fsp3) is 0.278. The molecule has 0 radical (unpaired) electrons. The lowest BCUT2D eigenvalue weighted by Gasteiger charge is -2.18. The average Bonchev–Trinajstić information content (AvgIpc) is 3.27. The molecular weight excluding hydrogens is 322 g/mol. The molecule has 1 aromatic carbocycles. The standard InChI is InChI=1S/C18H17N3O4/c1-18(2,3)21-9-11(8-19-21)6-13-17(22)25-16(20-13)12-4-5-14-15(7-12)24-10-23-14/h4-9H,10H2,1-3H3/b13-6+. The van der Waals surface area contributed by atoms with Gasteiger partial charge in [0.05, 0.1) is 11.7 Å². The quantitative estimate of drug-likeness (QED) is 0.621. The van der Waals surface area contributed by atoms with E-state index >= 15 is 0 Å². The highest BCUT2D eigenvalue weighted by molar-refractivity contribution is 6.13. The molecule has 2 aliphatic rings. The molecule has 7 heteroatoms. The van der Waals surface area contributed by atoms with Crippen LogP contribution in [0.15, 0.2) is 41.3 Å². The summed E-state index contributed by atoms with van der Waals surface area (Å²) in [5.41, 5.74) is 1.55. The predicted molar refractivity (Wildman–Crippen MR) is 90.4 cm³/mol. The van der Waals surface area contributed by atoms with Gasteiger partial charge in [0.2, 0.25) is 12.7 Å². The lowest BCUT2D eigenvalue weighted by Crippen LogP contribution is -2.21. The lowest BCUT2D eigenvalue weighted by molar-refractivity contribution is -0.129. The normalized spacial score (nSPS) is 17.8. The van der Waals surface area contributed by atoms with E-state index in [1.54, 1.807) is 30.5 Å². The molecule has 128 valence electrons. The third kappa shape index (κ3) is 2.88. The summed E-state index contributed by atoms with van der Waals surface area (Å²) in [6.45, 7) is 6.35. The van der Waals surface area contributed by atoms with Crippen LogP contribution >= 0.6 is 0 Å². The van der Waals surface area contributed by atoms with Crippen LogP contribution in [0.1, 0.15) is 31.9 Å². The maximum absolute atomic E-state index is 12.1. The number of aliphatic imine (C=N–C) groups is 1.